The summed E-state index contributed by atoms with van der Waals surface area (Å²) in [6, 6.07) is 0. The molecule has 0 spiro atoms. The molecule has 0 aromatic carbocycles. The molecule has 0 aromatic heterocycles. The molecule has 3 aliphatic heterocycles. The molecular weight excluding hydrogens is 268 g/mol. The van der Waals surface area contributed by atoms with Gasteiger partial charge < -0.3 is 9.64 Å². The smallest absolute Gasteiger partial charge is 0.249 e. The normalized spacial score (nSPS) is 34.5. The van der Waals surface area contributed by atoms with Gasteiger partial charge in [-0.05, 0) is 38.6 Å². The Morgan fingerprint density at radius 1 is 1.19 bits per heavy atom. The molecule has 3 saturated heterocycles. The maximum Gasteiger partial charge on any atom is 0.249 e. The number of rotatable bonds is 3. The minimum absolute atomic E-state index is 0.0847. The van der Waals surface area contributed by atoms with E-state index in [9.17, 15) is 4.79 Å². The SMILES string of the molecule is CCCN1CC[C@@H]2OCC[C@H](C(=O)N3CCCCO3)[C@@H]2C1. The Bertz CT molecular complexity index is 357. The van der Waals surface area contributed by atoms with Crippen LogP contribution in [0.4, 0.5) is 0 Å². The van der Waals surface area contributed by atoms with Crippen LogP contribution in [0.15, 0.2) is 0 Å². The van der Waals surface area contributed by atoms with Crippen molar-refractivity contribution in [3.63, 3.8) is 0 Å². The number of amides is 1. The quantitative estimate of drug-likeness (QED) is 0.794. The maximum absolute atomic E-state index is 12.8. The van der Waals surface area contributed by atoms with Crippen molar-refractivity contribution >= 4 is 5.91 Å². The van der Waals surface area contributed by atoms with Crippen LogP contribution in [-0.2, 0) is 14.4 Å². The standard InChI is InChI=1S/C16H28N2O3/c1-2-7-17-9-5-15-14(12-17)13(6-11-20-15)16(19)18-8-3-4-10-21-18/h13-15H,2-12H2,1H3/t13-,14-,15-/m0/s1. The fourth-order valence-electron chi connectivity index (χ4n) is 3.97. The molecule has 0 aromatic rings. The van der Waals surface area contributed by atoms with Crippen molar-refractivity contribution in [1.29, 1.82) is 0 Å². The second-order valence-corrected chi connectivity index (χ2v) is 6.54. The van der Waals surface area contributed by atoms with Gasteiger partial charge in [0.1, 0.15) is 0 Å². The van der Waals surface area contributed by atoms with Crippen molar-refractivity contribution in [3.8, 4) is 0 Å². The molecule has 0 bridgehead atoms. The summed E-state index contributed by atoms with van der Waals surface area (Å²) in [6.07, 6.45) is 5.48. The summed E-state index contributed by atoms with van der Waals surface area (Å²) in [4.78, 5) is 20.9. The van der Waals surface area contributed by atoms with Crippen molar-refractivity contribution in [2.75, 3.05) is 39.4 Å². The third-order valence-electron chi connectivity index (χ3n) is 5.06. The average molecular weight is 296 g/mol. The van der Waals surface area contributed by atoms with Gasteiger partial charge in [0.15, 0.2) is 0 Å². The first-order valence-corrected chi connectivity index (χ1v) is 8.58. The van der Waals surface area contributed by atoms with Gasteiger partial charge >= 0.3 is 0 Å². The highest BCUT2D eigenvalue weighted by atomic mass is 16.7. The first-order chi connectivity index (χ1) is 10.3. The minimum atomic E-state index is 0.0847. The monoisotopic (exact) mass is 296 g/mol. The molecule has 3 fully saturated rings. The van der Waals surface area contributed by atoms with Crippen molar-refractivity contribution in [3.05, 3.63) is 0 Å². The third kappa shape index (κ3) is 3.41. The topological polar surface area (TPSA) is 42.0 Å². The van der Waals surface area contributed by atoms with Crippen LogP contribution in [0, 0.1) is 11.8 Å². The number of carbonyl (C=O) groups is 1. The van der Waals surface area contributed by atoms with E-state index in [-0.39, 0.29) is 17.9 Å². The Morgan fingerprint density at radius 3 is 2.86 bits per heavy atom. The molecular formula is C16H28N2O3. The maximum atomic E-state index is 12.8. The van der Waals surface area contributed by atoms with Gasteiger partial charge in [0.05, 0.1) is 12.7 Å². The number of ether oxygens (including phenoxy) is 1. The van der Waals surface area contributed by atoms with Crippen molar-refractivity contribution < 1.29 is 14.4 Å². The zero-order valence-corrected chi connectivity index (χ0v) is 13.1. The van der Waals surface area contributed by atoms with Crippen LogP contribution in [0.25, 0.3) is 0 Å². The van der Waals surface area contributed by atoms with E-state index in [1.54, 1.807) is 5.06 Å². The molecule has 120 valence electrons. The van der Waals surface area contributed by atoms with Gasteiger partial charge in [0.2, 0.25) is 5.91 Å². The van der Waals surface area contributed by atoms with Crippen LogP contribution in [-0.4, -0.2) is 61.4 Å². The Balaban J connectivity index is 1.66. The Hall–Kier alpha value is -0.650. The van der Waals surface area contributed by atoms with E-state index >= 15 is 0 Å². The molecule has 0 radical (unpaired) electrons. The van der Waals surface area contributed by atoms with E-state index in [1.165, 1.54) is 6.42 Å². The number of hydroxylamine groups is 2. The third-order valence-corrected chi connectivity index (χ3v) is 5.06. The number of hydrogen-bond donors (Lipinski definition) is 0. The van der Waals surface area contributed by atoms with Gasteiger partial charge in [-0.15, -0.1) is 0 Å². The lowest BCUT2D eigenvalue weighted by Crippen LogP contribution is -2.54. The average Bonchev–Trinajstić information content (AvgIpc) is 2.55. The summed E-state index contributed by atoms with van der Waals surface area (Å²) >= 11 is 0. The van der Waals surface area contributed by atoms with Gasteiger partial charge in [-0.3, -0.25) is 9.63 Å². The second kappa shape index (κ2) is 7.07. The molecule has 1 amide bonds. The lowest BCUT2D eigenvalue weighted by Gasteiger charge is -2.45. The van der Waals surface area contributed by atoms with E-state index in [2.05, 4.69) is 11.8 Å². The molecule has 3 aliphatic rings. The second-order valence-electron chi connectivity index (χ2n) is 6.54. The first kappa shape index (κ1) is 15.3. The highest BCUT2D eigenvalue weighted by molar-refractivity contribution is 5.78. The molecule has 21 heavy (non-hydrogen) atoms. The van der Waals surface area contributed by atoms with Crippen LogP contribution < -0.4 is 0 Å². The molecule has 0 saturated carbocycles. The fraction of sp³-hybridized carbons (Fsp3) is 0.938. The van der Waals surface area contributed by atoms with Crippen molar-refractivity contribution in [2.24, 2.45) is 11.8 Å². The van der Waals surface area contributed by atoms with E-state index in [4.69, 9.17) is 9.57 Å². The van der Waals surface area contributed by atoms with Gasteiger partial charge in [0.25, 0.3) is 0 Å². The van der Waals surface area contributed by atoms with Gasteiger partial charge in [-0.25, -0.2) is 5.06 Å². The molecule has 3 atom stereocenters. The van der Waals surface area contributed by atoms with Crippen molar-refractivity contribution in [2.45, 2.75) is 45.1 Å². The summed E-state index contributed by atoms with van der Waals surface area (Å²) in [6.45, 7) is 7.62. The zero-order chi connectivity index (χ0) is 14.7. The Kier molecular flexibility index (Phi) is 5.14. The van der Waals surface area contributed by atoms with Gasteiger partial charge in [0, 0.05) is 38.1 Å². The summed E-state index contributed by atoms with van der Waals surface area (Å²) < 4.78 is 5.94. The Labute approximate surface area is 127 Å². The lowest BCUT2D eigenvalue weighted by molar-refractivity contribution is -0.209. The van der Waals surface area contributed by atoms with Crippen LogP contribution in [0.5, 0.6) is 0 Å². The Morgan fingerprint density at radius 2 is 2.10 bits per heavy atom. The van der Waals surface area contributed by atoms with Gasteiger partial charge in [-0.1, -0.05) is 6.92 Å². The number of fused-ring (bicyclic) bond motifs is 1. The first-order valence-electron chi connectivity index (χ1n) is 8.58. The predicted molar refractivity (Wildman–Crippen MR) is 79.6 cm³/mol. The molecule has 5 nitrogen and oxygen atoms in total. The minimum Gasteiger partial charge on any atom is -0.378 e. The van der Waals surface area contributed by atoms with Gasteiger partial charge in [-0.2, -0.15) is 0 Å². The molecule has 3 heterocycles. The summed E-state index contributed by atoms with van der Waals surface area (Å²) in [5.74, 6) is 0.630. The van der Waals surface area contributed by atoms with Crippen molar-refractivity contribution in [1.82, 2.24) is 9.96 Å². The highest BCUT2D eigenvalue weighted by Crippen LogP contribution is 2.34. The number of carbonyl (C=O) groups excluding carboxylic acids is 1. The van der Waals surface area contributed by atoms with Crippen LogP contribution >= 0.6 is 0 Å². The van der Waals surface area contributed by atoms with Crippen LogP contribution in [0.2, 0.25) is 0 Å². The number of piperidine rings is 1. The summed E-state index contributed by atoms with van der Waals surface area (Å²) in [5, 5.41) is 1.63. The highest BCUT2D eigenvalue weighted by Gasteiger charge is 2.43. The molecule has 0 unspecified atom stereocenters. The largest absolute Gasteiger partial charge is 0.378 e. The fourth-order valence-corrected chi connectivity index (χ4v) is 3.97. The number of hydrogen-bond acceptors (Lipinski definition) is 4. The zero-order valence-electron chi connectivity index (χ0n) is 13.1. The summed E-state index contributed by atoms with van der Waals surface area (Å²) in [5.41, 5.74) is 0. The lowest BCUT2D eigenvalue weighted by atomic mass is 9.79. The molecule has 0 N–H and O–H groups in total. The molecule has 5 heteroatoms. The number of likely N-dealkylation sites (tertiary alicyclic amines) is 1. The van der Waals surface area contributed by atoms with E-state index in [1.807, 2.05) is 0 Å². The van der Waals surface area contributed by atoms with E-state index in [0.717, 1.165) is 58.5 Å². The summed E-state index contributed by atoms with van der Waals surface area (Å²) in [7, 11) is 0. The van der Waals surface area contributed by atoms with E-state index < -0.39 is 0 Å². The van der Waals surface area contributed by atoms with Crippen LogP contribution in [0.1, 0.15) is 39.0 Å². The van der Waals surface area contributed by atoms with Crippen LogP contribution in [0.3, 0.4) is 0 Å². The predicted octanol–water partition coefficient (Wildman–Crippen LogP) is 1.68. The molecule has 0 aliphatic carbocycles. The van der Waals surface area contributed by atoms with E-state index in [0.29, 0.717) is 12.5 Å². The number of nitrogens with zero attached hydrogens (tertiary/aromatic N) is 2. The molecule has 3 rings (SSSR count).